The van der Waals surface area contributed by atoms with E-state index < -0.39 is 0 Å². The highest BCUT2D eigenvalue weighted by Crippen LogP contribution is 2.25. The van der Waals surface area contributed by atoms with Crippen molar-refractivity contribution in [1.82, 2.24) is 20.0 Å². The lowest BCUT2D eigenvalue weighted by atomic mass is 10.1. The van der Waals surface area contributed by atoms with Crippen molar-refractivity contribution >= 4 is 11.3 Å². The smallest absolute Gasteiger partial charge is 0.152 e. The summed E-state index contributed by atoms with van der Waals surface area (Å²) in [4.78, 5) is 5.03. The summed E-state index contributed by atoms with van der Waals surface area (Å²) < 4.78 is 5.94. The number of rotatable bonds is 5. The molecule has 6 heteroatoms. The molecule has 0 aliphatic carbocycles. The molecule has 1 aliphatic heterocycles. The second-order valence-electron chi connectivity index (χ2n) is 6.28. The van der Waals surface area contributed by atoms with E-state index in [1.54, 1.807) is 17.5 Å². The third kappa shape index (κ3) is 3.31. The molecule has 0 radical (unpaired) electrons. The second kappa shape index (κ2) is 6.93. The Morgan fingerprint density at radius 2 is 2.08 bits per heavy atom. The average Bonchev–Trinajstić information content (AvgIpc) is 3.36. The molecule has 1 atom stereocenters. The number of aromatic nitrogens is 2. The van der Waals surface area contributed by atoms with Gasteiger partial charge in [0.25, 0.3) is 0 Å². The van der Waals surface area contributed by atoms with E-state index in [9.17, 15) is 0 Å². The Hall–Kier alpha value is -1.89. The van der Waals surface area contributed by atoms with Gasteiger partial charge in [-0.2, -0.15) is 16.4 Å². The highest BCUT2D eigenvalue weighted by Gasteiger charge is 2.22. The molecule has 0 saturated carbocycles. The zero-order valence-corrected chi connectivity index (χ0v) is 14.6. The minimum absolute atomic E-state index is 0.508. The standard InChI is InChI=1S/C18H22N4OS/c1-14(15-5-11-24-13-15)22-9-7-21(8-10-22)12-16-2-3-18(23-16)17-4-6-19-20-17/h2-6,11,13-14H,7-10,12H2,1H3,(H,19,20). The van der Waals surface area contributed by atoms with Crippen LogP contribution in [-0.2, 0) is 6.54 Å². The fourth-order valence-corrected chi connectivity index (χ4v) is 4.00. The molecule has 1 fully saturated rings. The van der Waals surface area contributed by atoms with Crippen LogP contribution in [0.15, 0.2) is 45.6 Å². The Balaban J connectivity index is 1.32. The van der Waals surface area contributed by atoms with Gasteiger partial charge < -0.3 is 4.42 Å². The van der Waals surface area contributed by atoms with E-state index >= 15 is 0 Å². The molecule has 1 unspecified atom stereocenters. The first-order valence-electron chi connectivity index (χ1n) is 8.36. The molecule has 126 valence electrons. The largest absolute Gasteiger partial charge is 0.458 e. The summed E-state index contributed by atoms with van der Waals surface area (Å²) in [6.07, 6.45) is 1.74. The van der Waals surface area contributed by atoms with Crippen molar-refractivity contribution in [3.05, 3.63) is 52.5 Å². The van der Waals surface area contributed by atoms with Gasteiger partial charge in [0.05, 0.1) is 6.54 Å². The van der Waals surface area contributed by atoms with E-state index in [1.807, 2.05) is 12.1 Å². The lowest BCUT2D eigenvalue weighted by molar-refractivity contribution is 0.0936. The van der Waals surface area contributed by atoms with Crippen LogP contribution in [-0.4, -0.2) is 46.2 Å². The van der Waals surface area contributed by atoms with Gasteiger partial charge in [0, 0.05) is 38.4 Å². The van der Waals surface area contributed by atoms with Gasteiger partial charge in [0.2, 0.25) is 0 Å². The van der Waals surface area contributed by atoms with Crippen LogP contribution < -0.4 is 0 Å². The number of furan rings is 1. The summed E-state index contributed by atoms with van der Waals surface area (Å²) in [6.45, 7) is 7.54. The molecular formula is C18H22N4OS. The Bertz CT molecular complexity index is 742. The van der Waals surface area contributed by atoms with E-state index in [1.165, 1.54) is 5.56 Å². The first-order chi connectivity index (χ1) is 11.8. The predicted molar refractivity (Wildman–Crippen MR) is 95.9 cm³/mol. The van der Waals surface area contributed by atoms with Crippen LogP contribution >= 0.6 is 11.3 Å². The molecule has 0 amide bonds. The van der Waals surface area contributed by atoms with E-state index in [0.717, 1.165) is 49.9 Å². The van der Waals surface area contributed by atoms with Gasteiger partial charge in [-0.3, -0.25) is 14.9 Å². The number of aromatic amines is 1. The summed E-state index contributed by atoms with van der Waals surface area (Å²) in [6, 6.07) is 8.75. The molecule has 5 nitrogen and oxygen atoms in total. The molecule has 0 spiro atoms. The fraction of sp³-hybridized carbons (Fsp3) is 0.389. The first kappa shape index (κ1) is 15.6. The van der Waals surface area contributed by atoms with E-state index in [-0.39, 0.29) is 0 Å². The molecule has 3 aromatic heterocycles. The van der Waals surface area contributed by atoms with E-state index in [4.69, 9.17) is 4.42 Å². The minimum Gasteiger partial charge on any atom is -0.458 e. The Kier molecular flexibility index (Phi) is 4.51. The molecule has 1 aliphatic rings. The molecule has 0 bridgehead atoms. The highest BCUT2D eigenvalue weighted by atomic mass is 32.1. The third-order valence-corrected chi connectivity index (χ3v) is 5.49. The SMILES string of the molecule is CC(c1ccsc1)N1CCN(Cc2ccc(-c3ccn[nH]3)o2)CC1. The predicted octanol–water partition coefficient (Wildman–Crippen LogP) is 3.61. The van der Waals surface area contributed by atoms with Crippen LogP contribution in [0.4, 0.5) is 0 Å². The van der Waals surface area contributed by atoms with Gasteiger partial charge in [0.1, 0.15) is 11.5 Å². The number of nitrogens with one attached hydrogen (secondary N) is 1. The monoisotopic (exact) mass is 342 g/mol. The Morgan fingerprint density at radius 3 is 2.79 bits per heavy atom. The summed E-state index contributed by atoms with van der Waals surface area (Å²) in [7, 11) is 0. The third-order valence-electron chi connectivity index (χ3n) is 4.79. The number of nitrogens with zero attached hydrogens (tertiary/aromatic N) is 3. The van der Waals surface area contributed by atoms with Crippen LogP contribution in [0.25, 0.3) is 11.5 Å². The first-order valence-corrected chi connectivity index (χ1v) is 9.31. The lowest BCUT2D eigenvalue weighted by Crippen LogP contribution is -2.46. The van der Waals surface area contributed by atoms with E-state index in [2.05, 4.69) is 49.8 Å². The van der Waals surface area contributed by atoms with Gasteiger partial charge in [-0.1, -0.05) is 0 Å². The van der Waals surface area contributed by atoms with Crippen molar-refractivity contribution in [2.24, 2.45) is 0 Å². The van der Waals surface area contributed by atoms with Crippen molar-refractivity contribution < 1.29 is 4.42 Å². The lowest BCUT2D eigenvalue weighted by Gasteiger charge is -2.37. The normalized spacial score (nSPS) is 18.0. The molecule has 4 heterocycles. The molecule has 4 rings (SSSR count). The summed E-state index contributed by atoms with van der Waals surface area (Å²) in [5.74, 6) is 1.87. The minimum atomic E-state index is 0.508. The van der Waals surface area contributed by atoms with Crippen LogP contribution in [0.3, 0.4) is 0 Å². The molecule has 1 N–H and O–H groups in total. The molecule has 3 aromatic rings. The van der Waals surface area contributed by atoms with Gasteiger partial charge in [-0.25, -0.2) is 0 Å². The maximum atomic E-state index is 5.94. The number of piperazine rings is 1. The maximum absolute atomic E-state index is 5.94. The highest BCUT2D eigenvalue weighted by molar-refractivity contribution is 7.07. The average molecular weight is 342 g/mol. The van der Waals surface area contributed by atoms with Crippen molar-refractivity contribution in [3.63, 3.8) is 0 Å². The van der Waals surface area contributed by atoms with Gasteiger partial charge in [0.15, 0.2) is 5.76 Å². The van der Waals surface area contributed by atoms with Crippen molar-refractivity contribution in [2.75, 3.05) is 26.2 Å². The number of thiophene rings is 1. The van der Waals surface area contributed by atoms with Gasteiger partial charge in [-0.15, -0.1) is 0 Å². The van der Waals surface area contributed by atoms with Crippen molar-refractivity contribution in [3.8, 4) is 11.5 Å². The van der Waals surface area contributed by atoms with E-state index in [0.29, 0.717) is 6.04 Å². The van der Waals surface area contributed by atoms with Gasteiger partial charge in [-0.05, 0) is 47.5 Å². The summed E-state index contributed by atoms with van der Waals surface area (Å²) in [5, 5.41) is 11.3. The van der Waals surface area contributed by atoms with Crippen LogP contribution in [0.5, 0.6) is 0 Å². The Labute approximate surface area is 145 Å². The fourth-order valence-electron chi connectivity index (χ4n) is 3.25. The Morgan fingerprint density at radius 1 is 1.21 bits per heavy atom. The number of hydrogen-bond acceptors (Lipinski definition) is 5. The maximum Gasteiger partial charge on any atom is 0.152 e. The zero-order chi connectivity index (χ0) is 16.4. The summed E-state index contributed by atoms with van der Waals surface area (Å²) >= 11 is 1.78. The van der Waals surface area contributed by atoms with Crippen LogP contribution in [0, 0.1) is 0 Å². The number of H-pyrrole nitrogens is 1. The second-order valence-corrected chi connectivity index (χ2v) is 7.06. The molecular weight excluding hydrogens is 320 g/mol. The molecule has 1 saturated heterocycles. The van der Waals surface area contributed by atoms with Crippen molar-refractivity contribution in [1.29, 1.82) is 0 Å². The van der Waals surface area contributed by atoms with Crippen LogP contribution in [0.1, 0.15) is 24.3 Å². The van der Waals surface area contributed by atoms with Gasteiger partial charge >= 0.3 is 0 Å². The zero-order valence-electron chi connectivity index (χ0n) is 13.8. The topological polar surface area (TPSA) is 48.3 Å². The quantitative estimate of drug-likeness (QED) is 0.769. The summed E-state index contributed by atoms with van der Waals surface area (Å²) in [5.41, 5.74) is 2.36. The van der Waals surface area contributed by atoms with Crippen LogP contribution in [0.2, 0.25) is 0 Å². The number of hydrogen-bond donors (Lipinski definition) is 1. The molecule has 0 aromatic carbocycles. The van der Waals surface area contributed by atoms with Crippen molar-refractivity contribution in [2.45, 2.75) is 19.5 Å². The molecule has 24 heavy (non-hydrogen) atoms.